The summed E-state index contributed by atoms with van der Waals surface area (Å²) >= 11 is 0. The Morgan fingerprint density at radius 3 is 2.33 bits per heavy atom. The number of hydrogen-bond acceptors (Lipinski definition) is 9. The van der Waals surface area contributed by atoms with Crippen molar-refractivity contribution >= 4 is 17.5 Å². The Kier molecular flexibility index (Phi) is 13.1. The number of likely N-dealkylation sites (N-methyl/N-ethyl adjacent to an activating group) is 2. The van der Waals surface area contributed by atoms with Crippen LogP contribution in [0.5, 0.6) is 5.75 Å². The smallest absolute Gasteiger partial charge is 0.256 e. The van der Waals surface area contributed by atoms with Gasteiger partial charge in [-0.15, -0.1) is 0 Å². The van der Waals surface area contributed by atoms with Gasteiger partial charge in [0.1, 0.15) is 17.9 Å². The lowest BCUT2D eigenvalue weighted by atomic mass is 9.45. The van der Waals surface area contributed by atoms with Gasteiger partial charge in [0.2, 0.25) is 5.91 Å². The van der Waals surface area contributed by atoms with Crippen LogP contribution >= 0.6 is 0 Å². The second-order valence-electron chi connectivity index (χ2n) is 17.9. The predicted molar refractivity (Wildman–Crippen MR) is 225 cm³/mol. The van der Waals surface area contributed by atoms with Crippen LogP contribution in [0.25, 0.3) is 11.1 Å². The molecule has 11 nitrogen and oxygen atoms in total. The Morgan fingerprint density at radius 2 is 1.74 bits per heavy atom. The number of hydrogen-bond donors (Lipinski definition) is 3. The Bertz CT molecular complexity index is 1870. The number of anilines is 1. The number of rotatable bonds is 15. The average molecular weight is 784 g/mol. The van der Waals surface area contributed by atoms with E-state index in [2.05, 4.69) is 43.1 Å². The van der Waals surface area contributed by atoms with Gasteiger partial charge in [-0.1, -0.05) is 75.4 Å². The molecule has 3 aliphatic carbocycles. The summed E-state index contributed by atoms with van der Waals surface area (Å²) in [5.74, 6) is 1.19. The lowest BCUT2D eigenvalue weighted by Crippen LogP contribution is -2.62. The van der Waals surface area contributed by atoms with Crippen molar-refractivity contribution in [2.45, 2.75) is 83.8 Å². The highest BCUT2D eigenvalue weighted by Gasteiger charge is 2.57. The first-order valence-corrected chi connectivity index (χ1v) is 20.5. The number of hydroxylamine groups is 2. The van der Waals surface area contributed by atoms with Crippen molar-refractivity contribution in [2.75, 3.05) is 60.4 Å². The summed E-state index contributed by atoms with van der Waals surface area (Å²) in [5, 5.41) is 26.3. The summed E-state index contributed by atoms with van der Waals surface area (Å²) in [5.41, 5.74) is 5.31. The molecule has 1 unspecified atom stereocenters. The molecule has 3 saturated carbocycles. The number of fused-ring (bicyclic) bond motifs is 2. The van der Waals surface area contributed by atoms with Crippen molar-refractivity contribution < 1.29 is 29.4 Å². The fourth-order valence-corrected chi connectivity index (χ4v) is 10.1. The Morgan fingerprint density at radius 1 is 1.02 bits per heavy atom. The number of amides is 2. The molecule has 7 rings (SSSR count). The number of carbonyl (C=O) groups is 2. The van der Waals surface area contributed by atoms with Gasteiger partial charge >= 0.3 is 0 Å². The summed E-state index contributed by atoms with van der Waals surface area (Å²) < 4.78 is 6.10. The molecule has 57 heavy (non-hydrogen) atoms. The third-order valence-electron chi connectivity index (χ3n) is 13.5. The molecule has 9 atom stereocenters. The summed E-state index contributed by atoms with van der Waals surface area (Å²) in [4.78, 5) is 40.8. The first kappa shape index (κ1) is 42.6. The standard InChI is InChI=1S/C46H65N5O6/c1-28-37-23-33(46(37,3)4)24-38(28)47-44(54)42-41(29(2)53)40(27-52)57-51(42)25-32-17-14-18-35(43(32)56-10)31-19-20-36(39(22-31)49(7)8)45(55)50(9)34(26-48(5)6)21-30-15-12-11-13-16-30/h11-20,22,28-29,33-34,37-38,40-42,52-53H,21,23-27H2,1-10H3,(H,47,54)/t28-,29-,33+,34-,37-,38-,40-,41?,42-/m0/s1. The van der Waals surface area contributed by atoms with Gasteiger partial charge in [0.25, 0.3) is 5.91 Å². The van der Waals surface area contributed by atoms with Crippen LogP contribution in [-0.2, 0) is 22.6 Å². The second-order valence-corrected chi connectivity index (χ2v) is 17.9. The summed E-state index contributed by atoms with van der Waals surface area (Å²) in [6.07, 6.45) is 1.23. The maximum atomic E-state index is 14.3. The van der Waals surface area contributed by atoms with Crippen molar-refractivity contribution in [3.05, 3.63) is 83.4 Å². The van der Waals surface area contributed by atoms with Crippen LogP contribution in [0.4, 0.5) is 5.69 Å². The van der Waals surface area contributed by atoms with E-state index in [9.17, 15) is 19.8 Å². The van der Waals surface area contributed by atoms with Gasteiger partial charge in [-0.2, -0.15) is 5.06 Å². The Balaban J connectivity index is 1.27. The van der Waals surface area contributed by atoms with Gasteiger partial charge in [-0.25, -0.2) is 0 Å². The first-order chi connectivity index (χ1) is 27.1. The van der Waals surface area contributed by atoms with Crippen molar-refractivity contribution in [3.8, 4) is 16.9 Å². The molecule has 3 aromatic rings. The fraction of sp³-hybridized carbons (Fsp3) is 0.565. The van der Waals surface area contributed by atoms with Crippen molar-refractivity contribution in [1.29, 1.82) is 0 Å². The van der Waals surface area contributed by atoms with E-state index in [1.807, 2.05) is 99.6 Å². The van der Waals surface area contributed by atoms with Crippen LogP contribution in [0.2, 0.25) is 0 Å². The van der Waals surface area contributed by atoms with E-state index < -0.39 is 24.2 Å². The molecule has 1 saturated heterocycles. The average Bonchev–Trinajstić information content (AvgIpc) is 3.56. The molecule has 4 fully saturated rings. The van der Waals surface area contributed by atoms with Crippen molar-refractivity contribution in [1.82, 2.24) is 20.2 Å². The highest BCUT2D eigenvalue weighted by atomic mass is 16.7. The van der Waals surface area contributed by atoms with Gasteiger partial charge in [0.15, 0.2) is 0 Å². The third-order valence-corrected chi connectivity index (χ3v) is 13.5. The number of aliphatic hydroxyl groups excluding tert-OH is 2. The second kappa shape index (κ2) is 17.5. The molecule has 0 aromatic heterocycles. The van der Waals surface area contributed by atoms with E-state index in [-0.39, 0.29) is 42.5 Å². The molecule has 4 aliphatic rings. The predicted octanol–water partition coefficient (Wildman–Crippen LogP) is 5.33. The molecule has 11 heteroatoms. The van der Waals surface area contributed by atoms with Crippen molar-refractivity contribution in [2.24, 2.45) is 29.1 Å². The minimum absolute atomic E-state index is 0.0391. The Labute approximate surface area is 339 Å². The largest absolute Gasteiger partial charge is 0.496 e. The minimum atomic E-state index is -0.895. The summed E-state index contributed by atoms with van der Waals surface area (Å²) in [7, 11) is 11.4. The maximum Gasteiger partial charge on any atom is 0.256 e. The highest BCUT2D eigenvalue weighted by molar-refractivity contribution is 6.01. The molecule has 2 amide bonds. The number of methoxy groups -OCH3 is 1. The molecule has 3 N–H and O–H groups in total. The van der Waals surface area contributed by atoms with E-state index in [0.29, 0.717) is 29.1 Å². The fourth-order valence-electron chi connectivity index (χ4n) is 10.1. The van der Waals surface area contributed by atoms with Gasteiger partial charge in [-0.05, 0) is 86.7 Å². The number of aliphatic hydroxyl groups is 2. The van der Waals surface area contributed by atoms with Crippen LogP contribution in [0, 0.1) is 29.1 Å². The molecule has 3 aromatic carbocycles. The molecule has 0 radical (unpaired) electrons. The van der Waals surface area contributed by atoms with Crippen LogP contribution in [0.1, 0.15) is 62.0 Å². The number of para-hydroxylation sites is 1. The minimum Gasteiger partial charge on any atom is -0.496 e. The maximum absolute atomic E-state index is 14.3. The first-order valence-electron chi connectivity index (χ1n) is 20.5. The molecule has 1 aliphatic heterocycles. The van der Waals surface area contributed by atoms with Gasteiger partial charge in [0, 0.05) is 62.5 Å². The zero-order valence-corrected chi connectivity index (χ0v) is 35.6. The van der Waals surface area contributed by atoms with E-state index >= 15 is 0 Å². The molecule has 2 bridgehead atoms. The van der Waals surface area contributed by atoms with Gasteiger partial charge in [0.05, 0.1) is 31.9 Å². The highest BCUT2D eigenvalue weighted by Crippen LogP contribution is 2.61. The van der Waals surface area contributed by atoms with Crippen LogP contribution < -0.4 is 15.0 Å². The van der Waals surface area contributed by atoms with E-state index in [1.165, 1.54) is 12.0 Å². The summed E-state index contributed by atoms with van der Waals surface area (Å²) in [6.45, 7) is 9.15. The van der Waals surface area contributed by atoms with Gasteiger partial charge < -0.3 is 35.0 Å². The van der Waals surface area contributed by atoms with E-state index in [1.54, 1.807) is 19.1 Å². The zero-order valence-electron chi connectivity index (χ0n) is 35.6. The Hall–Kier alpha value is -4.00. The van der Waals surface area contributed by atoms with E-state index in [0.717, 1.165) is 41.8 Å². The topological polar surface area (TPSA) is 118 Å². The monoisotopic (exact) mass is 783 g/mol. The van der Waals surface area contributed by atoms with E-state index in [4.69, 9.17) is 9.57 Å². The van der Waals surface area contributed by atoms with Crippen LogP contribution in [-0.4, -0.2) is 123 Å². The molecule has 1 heterocycles. The lowest BCUT2D eigenvalue weighted by Gasteiger charge is -2.62. The molecule has 310 valence electrons. The normalized spacial score (nSPS) is 26.4. The summed E-state index contributed by atoms with van der Waals surface area (Å²) in [6, 6.07) is 21.2. The van der Waals surface area contributed by atoms with Crippen molar-refractivity contribution in [3.63, 3.8) is 0 Å². The number of ether oxygens (including phenoxy) is 1. The number of nitrogens with one attached hydrogen (secondary N) is 1. The molecule has 0 spiro atoms. The van der Waals surface area contributed by atoms with Crippen LogP contribution in [0.3, 0.4) is 0 Å². The number of carbonyl (C=O) groups excluding carboxylic acids is 2. The third kappa shape index (κ3) is 8.59. The number of nitrogens with zero attached hydrogens (tertiary/aromatic N) is 4. The zero-order chi connectivity index (χ0) is 41.3. The SMILES string of the molecule is COc1c(CN2O[C@@H](CO)C([C@H](C)O)[C@H]2C(=O)N[C@H]2C[C@H]3C[C@@H]([C@@H]2C)C3(C)C)cccc1-c1ccc(C(=O)N(C)[C@@H](Cc2ccccc2)CN(C)C)c(N(C)C)c1. The van der Waals surface area contributed by atoms with Crippen LogP contribution in [0.15, 0.2) is 66.7 Å². The van der Waals surface area contributed by atoms with Gasteiger partial charge in [-0.3, -0.25) is 14.4 Å². The molecular weight excluding hydrogens is 719 g/mol. The quantitative estimate of drug-likeness (QED) is 0.188. The molecular formula is C46H65N5O6. The lowest BCUT2D eigenvalue weighted by molar-refractivity contribution is -0.183. The number of benzene rings is 3.